The molecule has 0 aromatic rings. The monoisotopic (exact) mass is 212 g/mol. The normalized spacial score (nSPS) is 27.5. The summed E-state index contributed by atoms with van der Waals surface area (Å²) >= 11 is 0. The van der Waals surface area contributed by atoms with Crippen LogP contribution in [0.3, 0.4) is 0 Å². The molecule has 0 aromatic carbocycles. The Kier molecular flexibility index (Phi) is 5.47. The van der Waals surface area contributed by atoms with Gasteiger partial charge in [0.15, 0.2) is 0 Å². The van der Waals surface area contributed by atoms with Crippen LogP contribution in [0, 0.1) is 11.8 Å². The molecule has 0 spiro atoms. The van der Waals surface area contributed by atoms with Crippen molar-refractivity contribution in [2.24, 2.45) is 22.7 Å². The third kappa shape index (κ3) is 4.51. The number of nitrogens with zero attached hydrogens (tertiary/aromatic N) is 1. The Balaban J connectivity index is 2.32. The summed E-state index contributed by atoms with van der Waals surface area (Å²) in [4.78, 5) is 4.46. The predicted molar refractivity (Wildman–Crippen MR) is 64.4 cm³/mol. The number of aliphatic imine (C=N–C) groups is 1. The van der Waals surface area contributed by atoms with Gasteiger partial charge in [0.1, 0.15) is 0 Å². The summed E-state index contributed by atoms with van der Waals surface area (Å²) in [6, 6.07) is 0. The van der Waals surface area contributed by atoms with E-state index in [9.17, 15) is 0 Å². The smallest absolute Gasteiger partial charge is 0.205 e. The largest absolute Gasteiger partial charge is 0.356 e. The first-order valence-corrected chi connectivity index (χ1v) is 6.01. The van der Waals surface area contributed by atoms with Gasteiger partial charge in [-0.3, -0.25) is 10.4 Å². The van der Waals surface area contributed by atoms with E-state index in [1.807, 2.05) is 6.92 Å². The van der Waals surface area contributed by atoms with Crippen LogP contribution in [0.5, 0.6) is 0 Å². The summed E-state index contributed by atoms with van der Waals surface area (Å²) in [5, 5.41) is 3.10. The summed E-state index contributed by atoms with van der Waals surface area (Å²) in [7, 11) is 0. The molecule has 0 aliphatic heterocycles. The van der Waals surface area contributed by atoms with Crippen molar-refractivity contribution in [2.75, 3.05) is 13.1 Å². The highest BCUT2D eigenvalue weighted by Crippen LogP contribution is 2.28. The summed E-state index contributed by atoms with van der Waals surface area (Å²) in [5.74, 6) is 7.69. The van der Waals surface area contributed by atoms with Gasteiger partial charge in [-0.2, -0.15) is 0 Å². The zero-order valence-electron chi connectivity index (χ0n) is 9.92. The van der Waals surface area contributed by atoms with E-state index in [0.29, 0.717) is 0 Å². The fraction of sp³-hybridized carbons (Fsp3) is 0.909. The van der Waals surface area contributed by atoms with Gasteiger partial charge in [0.05, 0.1) is 0 Å². The Labute approximate surface area is 92.7 Å². The number of nitrogens with one attached hydrogen (secondary N) is 2. The van der Waals surface area contributed by atoms with E-state index in [0.717, 1.165) is 30.9 Å². The molecule has 4 heteroatoms. The zero-order chi connectivity index (χ0) is 11.1. The minimum absolute atomic E-state index is 0.718. The van der Waals surface area contributed by atoms with E-state index in [2.05, 4.69) is 22.7 Å². The number of hydrogen-bond acceptors (Lipinski definition) is 2. The van der Waals surface area contributed by atoms with Crippen molar-refractivity contribution in [1.82, 2.24) is 10.7 Å². The van der Waals surface area contributed by atoms with Crippen molar-refractivity contribution in [3.05, 3.63) is 0 Å². The topological polar surface area (TPSA) is 62.4 Å². The van der Waals surface area contributed by atoms with Crippen molar-refractivity contribution in [2.45, 2.75) is 39.5 Å². The molecule has 2 unspecified atom stereocenters. The number of guanidine groups is 1. The van der Waals surface area contributed by atoms with E-state index in [1.165, 1.54) is 25.7 Å². The fourth-order valence-electron chi connectivity index (χ4n) is 2.27. The molecule has 0 aromatic heterocycles. The van der Waals surface area contributed by atoms with Crippen LogP contribution < -0.4 is 16.6 Å². The number of nitrogens with two attached hydrogens (primary N) is 1. The van der Waals surface area contributed by atoms with Crippen molar-refractivity contribution in [1.29, 1.82) is 0 Å². The van der Waals surface area contributed by atoms with Crippen molar-refractivity contribution in [3.8, 4) is 0 Å². The average molecular weight is 212 g/mol. The maximum atomic E-state index is 5.36. The molecule has 1 rings (SSSR count). The first kappa shape index (κ1) is 12.3. The second-order valence-corrected chi connectivity index (χ2v) is 4.50. The van der Waals surface area contributed by atoms with Crippen LogP contribution in [0.25, 0.3) is 0 Å². The van der Waals surface area contributed by atoms with Crippen LogP contribution in [0.2, 0.25) is 0 Å². The molecule has 0 saturated heterocycles. The second kappa shape index (κ2) is 6.67. The summed E-state index contributed by atoms with van der Waals surface area (Å²) in [6.07, 6.45) is 5.37. The first-order chi connectivity index (χ1) is 7.26. The highest BCUT2D eigenvalue weighted by molar-refractivity contribution is 5.79. The average Bonchev–Trinajstić information content (AvgIpc) is 2.24. The Morgan fingerprint density at radius 1 is 1.47 bits per heavy atom. The van der Waals surface area contributed by atoms with Gasteiger partial charge >= 0.3 is 0 Å². The van der Waals surface area contributed by atoms with Crippen LogP contribution >= 0.6 is 0 Å². The summed E-state index contributed by atoms with van der Waals surface area (Å²) in [6.45, 7) is 6.12. The lowest BCUT2D eigenvalue weighted by molar-refractivity contribution is 0.289. The molecule has 1 fully saturated rings. The molecule has 0 heterocycles. The predicted octanol–water partition coefficient (Wildman–Crippen LogP) is 1.24. The van der Waals surface area contributed by atoms with E-state index in [1.54, 1.807) is 0 Å². The van der Waals surface area contributed by atoms with Gasteiger partial charge in [-0.05, 0) is 31.6 Å². The van der Waals surface area contributed by atoms with Gasteiger partial charge < -0.3 is 5.32 Å². The molecule has 4 N–H and O–H groups in total. The Bertz CT molecular complexity index is 203. The van der Waals surface area contributed by atoms with Crippen LogP contribution in [0.15, 0.2) is 4.99 Å². The van der Waals surface area contributed by atoms with Crippen LogP contribution in [0.4, 0.5) is 0 Å². The fourth-order valence-corrected chi connectivity index (χ4v) is 2.27. The lowest BCUT2D eigenvalue weighted by Gasteiger charge is -2.25. The molecule has 1 aliphatic rings. The molecule has 2 atom stereocenters. The van der Waals surface area contributed by atoms with E-state index in [4.69, 9.17) is 5.84 Å². The van der Waals surface area contributed by atoms with Gasteiger partial charge in [0.25, 0.3) is 0 Å². The van der Waals surface area contributed by atoms with Crippen LogP contribution in [0.1, 0.15) is 39.5 Å². The molecule has 4 nitrogen and oxygen atoms in total. The Morgan fingerprint density at radius 2 is 2.27 bits per heavy atom. The summed E-state index contributed by atoms with van der Waals surface area (Å²) in [5.41, 5.74) is 2.59. The Morgan fingerprint density at radius 3 is 2.87 bits per heavy atom. The highest BCUT2D eigenvalue weighted by atomic mass is 15.3. The number of rotatable bonds is 3. The second-order valence-electron chi connectivity index (χ2n) is 4.50. The van der Waals surface area contributed by atoms with Gasteiger partial charge in [0.2, 0.25) is 5.96 Å². The minimum Gasteiger partial charge on any atom is -0.356 e. The van der Waals surface area contributed by atoms with Crippen molar-refractivity contribution >= 4 is 5.96 Å². The lowest BCUT2D eigenvalue weighted by Crippen LogP contribution is -2.41. The molecular formula is C11H24N4. The number of hydrogen-bond donors (Lipinski definition) is 3. The molecule has 0 radical (unpaired) electrons. The molecule has 88 valence electrons. The molecule has 1 aliphatic carbocycles. The number of hydrazine groups is 1. The maximum absolute atomic E-state index is 5.36. The molecule has 0 amide bonds. The first-order valence-electron chi connectivity index (χ1n) is 6.01. The minimum atomic E-state index is 0.718. The Hall–Kier alpha value is -0.770. The standard InChI is InChI=1S/C11H24N4/c1-3-13-11(15-12)14-8-10-6-4-5-9(2)7-10/h9-10H,3-8,12H2,1-2H3,(H2,13,14,15). The SMILES string of the molecule is CCNC(=NCC1CCCC(C)C1)NN. The van der Waals surface area contributed by atoms with Gasteiger partial charge in [-0.15, -0.1) is 0 Å². The third-order valence-corrected chi connectivity index (χ3v) is 3.03. The lowest BCUT2D eigenvalue weighted by atomic mass is 9.82. The molecular weight excluding hydrogens is 188 g/mol. The zero-order valence-corrected chi connectivity index (χ0v) is 9.92. The third-order valence-electron chi connectivity index (χ3n) is 3.03. The van der Waals surface area contributed by atoms with Crippen molar-refractivity contribution in [3.63, 3.8) is 0 Å². The molecule has 15 heavy (non-hydrogen) atoms. The molecule has 0 bridgehead atoms. The van der Waals surface area contributed by atoms with E-state index in [-0.39, 0.29) is 0 Å². The van der Waals surface area contributed by atoms with Gasteiger partial charge in [0, 0.05) is 13.1 Å². The van der Waals surface area contributed by atoms with Crippen LogP contribution in [-0.2, 0) is 0 Å². The summed E-state index contributed by atoms with van der Waals surface area (Å²) < 4.78 is 0. The van der Waals surface area contributed by atoms with Crippen LogP contribution in [-0.4, -0.2) is 19.0 Å². The maximum Gasteiger partial charge on any atom is 0.205 e. The molecule has 1 saturated carbocycles. The van der Waals surface area contributed by atoms with Crippen molar-refractivity contribution < 1.29 is 0 Å². The highest BCUT2D eigenvalue weighted by Gasteiger charge is 2.18. The van der Waals surface area contributed by atoms with E-state index < -0.39 is 0 Å². The van der Waals surface area contributed by atoms with Gasteiger partial charge in [-0.25, -0.2) is 5.84 Å². The van der Waals surface area contributed by atoms with Gasteiger partial charge in [-0.1, -0.05) is 19.8 Å². The van der Waals surface area contributed by atoms with E-state index >= 15 is 0 Å². The quantitative estimate of drug-likeness (QED) is 0.285.